The van der Waals surface area contributed by atoms with Crippen LogP contribution < -0.4 is 5.69 Å². The van der Waals surface area contributed by atoms with Crippen LogP contribution in [0.15, 0.2) is 4.79 Å². The van der Waals surface area contributed by atoms with Crippen molar-refractivity contribution in [2.75, 3.05) is 0 Å². The van der Waals surface area contributed by atoms with Crippen molar-refractivity contribution in [3.05, 3.63) is 16.3 Å². The highest BCUT2D eigenvalue weighted by Gasteiger charge is 2.09. The fourth-order valence-electron chi connectivity index (χ4n) is 1.14. The highest BCUT2D eigenvalue weighted by molar-refractivity contribution is 4.86. The minimum Gasteiger partial charge on any atom is -0.282 e. The average molecular weight is 199 g/mol. The molecule has 4 nitrogen and oxygen atoms in total. The third-order valence-corrected chi connectivity index (χ3v) is 1.90. The Hall–Kier alpha value is -1.06. The van der Waals surface area contributed by atoms with E-state index in [0.717, 1.165) is 12.2 Å². The lowest BCUT2D eigenvalue weighted by Gasteiger charge is -2.00. The molecule has 1 aromatic rings. The Morgan fingerprint density at radius 3 is 2.07 bits per heavy atom. The van der Waals surface area contributed by atoms with E-state index in [4.69, 9.17) is 0 Å². The normalized spacial score (nSPS) is 9.93. The molecule has 0 N–H and O–H groups in total. The summed E-state index contributed by atoms with van der Waals surface area (Å²) in [4.78, 5) is 11.5. The van der Waals surface area contributed by atoms with Gasteiger partial charge in [0.25, 0.3) is 0 Å². The van der Waals surface area contributed by atoms with E-state index < -0.39 is 0 Å². The summed E-state index contributed by atoms with van der Waals surface area (Å²) >= 11 is 0. The zero-order chi connectivity index (χ0) is 11.3. The number of aromatic nitrogens is 3. The summed E-state index contributed by atoms with van der Waals surface area (Å²) in [5.74, 6) is 0.841. The summed E-state index contributed by atoms with van der Waals surface area (Å²) in [6, 6.07) is 0.143. The molecular weight excluding hydrogens is 178 g/mol. The maximum absolute atomic E-state index is 11.5. The van der Waals surface area contributed by atoms with E-state index in [-0.39, 0.29) is 11.7 Å². The van der Waals surface area contributed by atoms with E-state index in [0.29, 0.717) is 0 Å². The van der Waals surface area contributed by atoms with Gasteiger partial charge < -0.3 is 0 Å². The molecule has 0 unspecified atom stereocenters. The predicted molar refractivity (Wildman–Crippen MR) is 58.6 cm³/mol. The van der Waals surface area contributed by atoms with Crippen molar-refractivity contribution in [1.29, 1.82) is 0 Å². The lowest BCUT2D eigenvalue weighted by atomic mass is 10.4. The first-order valence-electron chi connectivity index (χ1n) is 5.22. The zero-order valence-corrected chi connectivity index (χ0v) is 10.0. The maximum atomic E-state index is 11.5. The molecule has 0 aliphatic rings. The van der Waals surface area contributed by atoms with Gasteiger partial charge in [0, 0.05) is 13.5 Å². The van der Waals surface area contributed by atoms with Gasteiger partial charge in [-0.05, 0) is 13.8 Å². The molecule has 0 aliphatic heterocycles. The quantitative estimate of drug-likeness (QED) is 0.728. The third-order valence-electron chi connectivity index (χ3n) is 1.90. The lowest BCUT2D eigenvalue weighted by molar-refractivity contribution is 0.506. The molecule has 0 saturated heterocycles. The molecule has 14 heavy (non-hydrogen) atoms. The highest BCUT2D eigenvalue weighted by Crippen LogP contribution is 1.99. The minimum atomic E-state index is -0.0261. The van der Waals surface area contributed by atoms with Crippen molar-refractivity contribution < 1.29 is 0 Å². The average Bonchev–Trinajstić information content (AvgIpc) is 2.47. The summed E-state index contributed by atoms with van der Waals surface area (Å²) in [6.45, 7) is 9.90. The van der Waals surface area contributed by atoms with Crippen molar-refractivity contribution >= 4 is 0 Å². The summed E-state index contributed by atoms with van der Waals surface area (Å²) in [5.41, 5.74) is -0.0261. The van der Waals surface area contributed by atoms with E-state index >= 15 is 0 Å². The summed E-state index contributed by atoms with van der Waals surface area (Å²) in [6.07, 6.45) is 0.797. The van der Waals surface area contributed by atoms with Crippen LogP contribution in [0.2, 0.25) is 0 Å². The van der Waals surface area contributed by atoms with Crippen LogP contribution in [0.1, 0.15) is 46.5 Å². The number of rotatable bonds is 2. The second-order valence-electron chi connectivity index (χ2n) is 3.15. The van der Waals surface area contributed by atoms with Gasteiger partial charge in [-0.3, -0.25) is 4.57 Å². The van der Waals surface area contributed by atoms with Crippen LogP contribution in [-0.4, -0.2) is 14.3 Å². The van der Waals surface area contributed by atoms with Crippen molar-refractivity contribution in [2.24, 2.45) is 7.05 Å². The van der Waals surface area contributed by atoms with Crippen LogP contribution >= 0.6 is 0 Å². The molecular formula is C10H21N3O. The maximum Gasteiger partial charge on any atom is 0.345 e. The highest BCUT2D eigenvalue weighted by atomic mass is 16.2. The molecule has 1 heterocycles. The Kier molecular flexibility index (Phi) is 5.20. The Morgan fingerprint density at radius 1 is 1.36 bits per heavy atom. The third kappa shape index (κ3) is 2.47. The van der Waals surface area contributed by atoms with Gasteiger partial charge in [0.15, 0.2) is 0 Å². The molecule has 82 valence electrons. The zero-order valence-electron chi connectivity index (χ0n) is 10.0. The van der Waals surface area contributed by atoms with Crippen molar-refractivity contribution in [1.82, 2.24) is 14.3 Å². The molecule has 0 spiro atoms. The molecule has 0 aliphatic carbocycles. The van der Waals surface area contributed by atoms with Gasteiger partial charge in [-0.1, -0.05) is 20.8 Å². The Balaban J connectivity index is 0.000000791. The summed E-state index contributed by atoms with van der Waals surface area (Å²) < 4.78 is 3.11. The summed E-state index contributed by atoms with van der Waals surface area (Å²) in [5, 5.41) is 4.19. The largest absolute Gasteiger partial charge is 0.345 e. The second kappa shape index (κ2) is 5.62. The van der Waals surface area contributed by atoms with Gasteiger partial charge >= 0.3 is 5.69 Å². The van der Waals surface area contributed by atoms with Crippen LogP contribution in [-0.2, 0) is 13.5 Å². The van der Waals surface area contributed by atoms with Crippen LogP contribution in [0.5, 0.6) is 0 Å². The fraction of sp³-hybridized carbons (Fsp3) is 0.800. The molecule has 0 fully saturated rings. The van der Waals surface area contributed by atoms with Crippen molar-refractivity contribution in [3.8, 4) is 0 Å². The Labute approximate surface area is 85.6 Å². The first-order chi connectivity index (χ1) is 6.57. The summed E-state index contributed by atoms with van der Waals surface area (Å²) in [7, 11) is 1.76. The van der Waals surface area contributed by atoms with Gasteiger partial charge in [-0.15, -0.1) is 0 Å². The molecule has 0 bridgehead atoms. The van der Waals surface area contributed by atoms with Crippen molar-refractivity contribution in [3.63, 3.8) is 0 Å². The molecule has 0 amide bonds. The van der Waals surface area contributed by atoms with E-state index in [1.807, 2.05) is 34.6 Å². The fourth-order valence-corrected chi connectivity index (χ4v) is 1.14. The number of nitrogens with zero attached hydrogens (tertiary/aromatic N) is 3. The standard InChI is InChI=1S/C8H15N3O.C2H6/c1-5-7-9-11(6(2)3)8(12)10(7)4;1-2/h6H,5H2,1-4H3;1-2H3. The van der Waals surface area contributed by atoms with Gasteiger partial charge in [-0.2, -0.15) is 5.10 Å². The van der Waals surface area contributed by atoms with E-state index in [9.17, 15) is 4.79 Å². The number of hydrogen-bond acceptors (Lipinski definition) is 2. The molecule has 0 aromatic carbocycles. The van der Waals surface area contributed by atoms with Gasteiger partial charge in [0.2, 0.25) is 0 Å². The topological polar surface area (TPSA) is 39.8 Å². The molecule has 4 heteroatoms. The molecule has 1 rings (SSSR count). The Bertz CT molecular complexity index is 323. The molecule has 1 aromatic heterocycles. The van der Waals surface area contributed by atoms with E-state index in [1.165, 1.54) is 4.68 Å². The number of hydrogen-bond donors (Lipinski definition) is 0. The Morgan fingerprint density at radius 2 is 1.86 bits per heavy atom. The molecule has 0 radical (unpaired) electrons. The van der Waals surface area contributed by atoms with Crippen LogP contribution in [0.25, 0.3) is 0 Å². The smallest absolute Gasteiger partial charge is 0.282 e. The monoisotopic (exact) mass is 199 g/mol. The van der Waals surface area contributed by atoms with E-state index in [2.05, 4.69) is 5.10 Å². The SMILES string of the molecule is CC.CCc1nn(C(C)C)c(=O)n1C. The van der Waals surface area contributed by atoms with Crippen LogP contribution in [0, 0.1) is 0 Å². The predicted octanol–water partition coefficient (Wildman–Crippen LogP) is 1.75. The van der Waals surface area contributed by atoms with Crippen molar-refractivity contribution in [2.45, 2.75) is 47.1 Å². The number of aryl methyl sites for hydroxylation is 1. The van der Waals surface area contributed by atoms with Crippen LogP contribution in [0.3, 0.4) is 0 Å². The van der Waals surface area contributed by atoms with Gasteiger partial charge in [0.1, 0.15) is 5.82 Å². The lowest BCUT2D eigenvalue weighted by Crippen LogP contribution is -2.24. The van der Waals surface area contributed by atoms with Crippen LogP contribution in [0.4, 0.5) is 0 Å². The van der Waals surface area contributed by atoms with Gasteiger partial charge in [0.05, 0.1) is 6.04 Å². The van der Waals surface area contributed by atoms with Gasteiger partial charge in [-0.25, -0.2) is 9.48 Å². The molecule has 0 atom stereocenters. The first kappa shape index (κ1) is 12.9. The first-order valence-corrected chi connectivity index (χ1v) is 5.22. The second-order valence-corrected chi connectivity index (χ2v) is 3.15. The minimum absolute atomic E-state index is 0.0261. The van der Waals surface area contributed by atoms with E-state index in [1.54, 1.807) is 11.6 Å². The molecule has 0 saturated carbocycles.